The molecule has 0 aliphatic carbocycles. The quantitative estimate of drug-likeness (QED) is 0.433. The van der Waals surface area contributed by atoms with Gasteiger partial charge in [-0.15, -0.1) is 0 Å². The number of nitrogens with one attached hydrogen (secondary N) is 2. The van der Waals surface area contributed by atoms with Crippen molar-refractivity contribution in [3.8, 4) is 0 Å². The third kappa shape index (κ3) is 6.17. The predicted octanol–water partition coefficient (Wildman–Crippen LogP) is 0.910. The van der Waals surface area contributed by atoms with Gasteiger partial charge in [-0.3, -0.25) is 14.4 Å². The van der Waals surface area contributed by atoms with E-state index in [0.29, 0.717) is 14.5 Å². The lowest BCUT2D eigenvalue weighted by Gasteiger charge is -2.25. The van der Waals surface area contributed by atoms with E-state index in [1.807, 2.05) is 22.6 Å². The van der Waals surface area contributed by atoms with Crippen LogP contribution in [0.1, 0.15) is 17.7 Å². The molecule has 3 N–H and O–H groups in total. The Bertz CT molecular complexity index is 951. The Labute approximate surface area is 197 Å². The van der Waals surface area contributed by atoms with Crippen LogP contribution in [0, 0.1) is 3.70 Å². The van der Waals surface area contributed by atoms with E-state index < -0.39 is 24.1 Å². The van der Waals surface area contributed by atoms with Crippen LogP contribution >= 0.6 is 34.2 Å². The molecule has 3 rings (SSSR count). The van der Waals surface area contributed by atoms with E-state index in [-0.39, 0.29) is 37.6 Å². The highest BCUT2D eigenvalue weighted by Crippen LogP contribution is 2.21. The minimum atomic E-state index is -0.887. The fourth-order valence-electron chi connectivity index (χ4n) is 3.47. The van der Waals surface area contributed by atoms with Crippen LogP contribution < -0.4 is 10.6 Å². The number of benzene rings is 1. The normalized spacial score (nSPS) is 19.2. The second kappa shape index (κ2) is 10.4. The fraction of sp³-hybridized carbons (Fsp3) is 0.400. The molecule has 1 aliphatic heterocycles. The number of halogens is 2. The van der Waals surface area contributed by atoms with Gasteiger partial charge in [-0.2, -0.15) is 0 Å². The van der Waals surface area contributed by atoms with Gasteiger partial charge in [0.2, 0.25) is 17.7 Å². The van der Waals surface area contributed by atoms with Gasteiger partial charge in [0.15, 0.2) is 0 Å². The molecule has 0 saturated carbocycles. The van der Waals surface area contributed by atoms with Gasteiger partial charge < -0.3 is 25.2 Å². The first-order valence-corrected chi connectivity index (χ1v) is 11.1. The summed E-state index contributed by atoms with van der Waals surface area (Å²) in [6.45, 7) is 0.0317. The molecule has 1 saturated heterocycles. The van der Waals surface area contributed by atoms with E-state index in [2.05, 4.69) is 15.8 Å². The third-order valence-corrected chi connectivity index (χ3v) is 5.75. The van der Waals surface area contributed by atoms with E-state index in [0.717, 1.165) is 5.56 Å². The van der Waals surface area contributed by atoms with Gasteiger partial charge in [-0.1, -0.05) is 28.9 Å². The average Bonchev–Trinajstić information content (AvgIpc) is 3.33. The number of nitrogens with zero attached hydrogens (tertiary/aromatic N) is 2. The minimum Gasteiger partial charge on any atom is -0.391 e. The Kier molecular flexibility index (Phi) is 7.89. The molecule has 166 valence electrons. The Hall–Kier alpha value is -2.18. The highest BCUT2D eigenvalue weighted by atomic mass is 127. The Morgan fingerprint density at radius 1 is 1.35 bits per heavy atom. The Morgan fingerprint density at radius 3 is 2.68 bits per heavy atom. The number of likely N-dealkylation sites (tertiary alicyclic amines) is 1. The zero-order valence-electron chi connectivity index (χ0n) is 16.7. The van der Waals surface area contributed by atoms with E-state index in [4.69, 9.17) is 16.1 Å². The number of aliphatic hydroxyl groups is 1. The van der Waals surface area contributed by atoms with Gasteiger partial charge in [-0.25, -0.2) is 0 Å². The molecule has 9 nitrogen and oxygen atoms in total. The first kappa shape index (κ1) is 23.5. The van der Waals surface area contributed by atoms with Gasteiger partial charge in [0, 0.05) is 37.5 Å². The summed E-state index contributed by atoms with van der Waals surface area (Å²) in [5, 5.41) is 19.7. The van der Waals surface area contributed by atoms with E-state index in [9.17, 15) is 19.5 Å². The van der Waals surface area contributed by atoms with Crippen LogP contribution in [0.15, 0.2) is 34.9 Å². The summed E-state index contributed by atoms with van der Waals surface area (Å²) in [4.78, 5) is 39.4. The molecular formula is C20H22ClIN4O5. The van der Waals surface area contributed by atoms with Gasteiger partial charge in [-0.05, 0) is 40.3 Å². The van der Waals surface area contributed by atoms with Gasteiger partial charge in [0.05, 0.1) is 12.5 Å². The molecule has 11 heteroatoms. The summed E-state index contributed by atoms with van der Waals surface area (Å²) in [5.74, 6) is -0.852. The van der Waals surface area contributed by atoms with Crippen molar-refractivity contribution in [3.05, 3.63) is 50.4 Å². The first-order chi connectivity index (χ1) is 14.8. The SMILES string of the molecule is CNC(=O)[C@@H](Cc1ccc(Cl)cc1)NC(=O)[C@@H]1C[C@@H](O)CN1C(=O)Cc1cc(I)no1. The standard InChI is InChI=1S/C20H22ClIN4O5/c1-23-19(29)15(6-11-2-4-12(21)5-3-11)24-20(30)16-7-13(27)10-26(16)18(28)9-14-8-17(22)25-31-14/h2-5,8,13,15-16,27H,6-7,9-10H2,1H3,(H,23,29)(H,24,30)/t13-,15-,16+/m1/s1. The zero-order valence-corrected chi connectivity index (χ0v) is 19.6. The first-order valence-electron chi connectivity index (χ1n) is 9.62. The molecule has 1 aromatic heterocycles. The van der Waals surface area contributed by atoms with Crippen molar-refractivity contribution >= 4 is 51.9 Å². The van der Waals surface area contributed by atoms with E-state index >= 15 is 0 Å². The van der Waals surface area contributed by atoms with Gasteiger partial charge >= 0.3 is 0 Å². The molecule has 1 aromatic carbocycles. The molecule has 2 aromatic rings. The second-order valence-electron chi connectivity index (χ2n) is 7.25. The average molecular weight is 561 g/mol. The summed E-state index contributed by atoms with van der Waals surface area (Å²) in [6.07, 6.45) is -0.560. The van der Waals surface area contributed by atoms with Crippen LogP contribution in [0.25, 0.3) is 0 Å². The highest BCUT2D eigenvalue weighted by Gasteiger charge is 2.40. The second-order valence-corrected chi connectivity index (χ2v) is 8.79. The number of likely N-dealkylation sites (N-methyl/N-ethyl adjacent to an activating group) is 1. The molecule has 0 radical (unpaired) electrons. The van der Waals surface area contributed by atoms with Crippen molar-refractivity contribution in [2.75, 3.05) is 13.6 Å². The summed E-state index contributed by atoms with van der Waals surface area (Å²) >= 11 is 7.87. The molecule has 0 bridgehead atoms. The van der Waals surface area contributed by atoms with Crippen molar-refractivity contribution in [2.24, 2.45) is 0 Å². The minimum absolute atomic E-state index is 0.0317. The van der Waals surface area contributed by atoms with Crippen molar-refractivity contribution in [1.29, 1.82) is 0 Å². The van der Waals surface area contributed by atoms with Crippen LogP contribution in [-0.2, 0) is 27.2 Å². The molecule has 2 heterocycles. The number of aromatic nitrogens is 1. The number of hydrogen-bond acceptors (Lipinski definition) is 6. The predicted molar refractivity (Wildman–Crippen MR) is 120 cm³/mol. The number of hydrogen-bond donors (Lipinski definition) is 3. The molecule has 3 atom stereocenters. The number of carbonyl (C=O) groups is 3. The van der Waals surface area contributed by atoms with E-state index in [1.54, 1.807) is 30.3 Å². The van der Waals surface area contributed by atoms with Crippen LogP contribution in [0.4, 0.5) is 0 Å². The third-order valence-electron chi connectivity index (χ3n) is 4.99. The molecule has 1 aliphatic rings. The maximum Gasteiger partial charge on any atom is 0.243 e. The summed E-state index contributed by atoms with van der Waals surface area (Å²) in [6, 6.07) is 6.87. The highest BCUT2D eigenvalue weighted by molar-refractivity contribution is 14.1. The lowest BCUT2D eigenvalue weighted by atomic mass is 10.0. The maximum absolute atomic E-state index is 13.0. The van der Waals surface area contributed by atoms with E-state index in [1.165, 1.54) is 11.9 Å². The molecule has 0 unspecified atom stereocenters. The number of β-amino-alcohol motifs (C(OH)–C–C–N with tert-alkyl or cyclic N) is 1. The smallest absolute Gasteiger partial charge is 0.243 e. The number of rotatable bonds is 7. The lowest BCUT2D eigenvalue weighted by Crippen LogP contribution is -2.53. The van der Waals surface area contributed by atoms with Crippen molar-refractivity contribution < 1.29 is 24.0 Å². The molecule has 0 spiro atoms. The zero-order chi connectivity index (χ0) is 22.5. The van der Waals surface area contributed by atoms with Crippen LogP contribution in [0.5, 0.6) is 0 Å². The lowest BCUT2D eigenvalue weighted by molar-refractivity contribution is -0.139. The Morgan fingerprint density at radius 2 is 2.06 bits per heavy atom. The van der Waals surface area contributed by atoms with Crippen LogP contribution in [-0.4, -0.2) is 64.7 Å². The maximum atomic E-state index is 13.0. The van der Waals surface area contributed by atoms with Crippen molar-refractivity contribution in [3.63, 3.8) is 0 Å². The summed E-state index contributed by atoms with van der Waals surface area (Å²) in [7, 11) is 1.48. The molecular weight excluding hydrogens is 539 g/mol. The molecule has 3 amide bonds. The number of amides is 3. The topological polar surface area (TPSA) is 125 Å². The van der Waals surface area contributed by atoms with Gasteiger partial charge in [0.1, 0.15) is 21.5 Å². The van der Waals surface area contributed by atoms with Crippen LogP contribution in [0.2, 0.25) is 5.02 Å². The molecule has 1 fully saturated rings. The van der Waals surface area contributed by atoms with Gasteiger partial charge in [0.25, 0.3) is 0 Å². The summed E-state index contributed by atoms with van der Waals surface area (Å²) in [5.41, 5.74) is 0.817. The Balaban J connectivity index is 1.70. The van der Waals surface area contributed by atoms with Crippen molar-refractivity contribution in [1.82, 2.24) is 20.7 Å². The monoisotopic (exact) mass is 560 g/mol. The fourth-order valence-corrected chi connectivity index (χ4v) is 4.04. The van der Waals surface area contributed by atoms with Crippen molar-refractivity contribution in [2.45, 2.75) is 37.5 Å². The largest absolute Gasteiger partial charge is 0.391 e. The number of carbonyl (C=O) groups excluding carboxylic acids is 3. The number of aliphatic hydroxyl groups excluding tert-OH is 1. The van der Waals surface area contributed by atoms with Crippen LogP contribution in [0.3, 0.4) is 0 Å². The molecule has 31 heavy (non-hydrogen) atoms. The summed E-state index contributed by atoms with van der Waals surface area (Å²) < 4.78 is 5.69.